The van der Waals surface area contributed by atoms with E-state index in [4.69, 9.17) is 0 Å². The Kier molecular flexibility index (Phi) is 4.98. The molecular formula is C21H23N3O. The lowest BCUT2D eigenvalue weighted by Gasteiger charge is -2.14. The molecule has 4 heteroatoms. The second-order valence-corrected chi connectivity index (χ2v) is 6.39. The van der Waals surface area contributed by atoms with Crippen LogP contribution >= 0.6 is 0 Å². The van der Waals surface area contributed by atoms with Crippen molar-refractivity contribution >= 4 is 5.91 Å². The highest BCUT2D eigenvalue weighted by molar-refractivity contribution is 5.94. The van der Waals surface area contributed by atoms with Crippen molar-refractivity contribution < 1.29 is 4.79 Å². The van der Waals surface area contributed by atoms with E-state index in [1.165, 1.54) is 0 Å². The van der Waals surface area contributed by atoms with E-state index in [0.29, 0.717) is 12.1 Å². The summed E-state index contributed by atoms with van der Waals surface area (Å²) in [7, 11) is 0. The Morgan fingerprint density at radius 1 is 1.08 bits per heavy atom. The maximum Gasteiger partial charge on any atom is 0.251 e. The summed E-state index contributed by atoms with van der Waals surface area (Å²) >= 11 is 0. The maximum absolute atomic E-state index is 12.4. The lowest BCUT2D eigenvalue weighted by atomic mass is 10.1. The molecule has 0 aliphatic carbocycles. The minimum absolute atomic E-state index is 0.0249. The third kappa shape index (κ3) is 4.15. The fraction of sp³-hybridized carbons (Fsp3) is 0.238. The number of aromatic nitrogens is 2. The Labute approximate surface area is 148 Å². The highest BCUT2D eigenvalue weighted by atomic mass is 16.1. The largest absolute Gasteiger partial charge is 0.346 e. The zero-order chi connectivity index (χ0) is 17.8. The third-order valence-electron chi connectivity index (χ3n) is 4.30. The quantitative estimate of drug-likeness (QED) is 0.766. The second-order valence-electron chi connectivity index (χ2n) is 6.39. The number of nitrogens with zero attached hydrogens (tertiary/aromatic N) is 2. The molecule has 1 atom stereocenters. The molecule has 2 aromatic carbocycles. The molecule has 0 aliphatic heterocycles. The molecule has 0 spiro atoms. The number of aryl methyl sites for hydroxylation is 2. The number of benzene rings is 2. The number of hydrogen-bond acceptors (Lipinski definition) is 2. The van der Waals surface area contributed by atoms with E-state index in [2.05, 4.69) is 16.5 Å². The van der Waals surface area contributed by atoms with Crippen molar-refractivity contribution in [2.75, 3.05) is 0 Å². The zero-order valence-electron chi connectivity index (χ0n) is 14.9. The minimum Gasteiger partial charge on any atom is -0.346 e. The van der Waals surface area contributed by atoms with Crippen molar-refractivity contribution in [1.29, 1.82) is 0 Å². The Balaban J connectivity index is 1.65. The molecule has 25 heavy (non-hydrogen) atoms. The summed E-state index contributed by atoms with van der Waals surface area (Å²) in [5, 5.41) is 7.51. The molecule has 0 saturated carbocycles. The first-order chi connectivity index (χ1) is 12.0. The molecule has 1 amide bonds. The van der Waals surface area contributed by atoms with Gasteiger partial charge in [-0.05, 0) is 50.1 Å². The summed E-state index contributed by atoms with van der Waals surface area (Å²) in [6.07, 6.45) is 0. The fourth-order valence-corrected chi connectivity index (χ4v) is 2.87. The second kappa shape index (κ2) is 7.34. The van der Waals surface area contributed by atoms with Gasteiger partial charge in [0.1, 0.15) is 0 Å². The van der Waals surface area contributed by atoms with Gasteiger partial charge in [-0.25, -0.2) is 0 Å². The average Bonchev–Trinajstić information content (AvgIpc) is 2.93. The van der Waals surface area contributed by atoms with Crippen LogP contribution < -0.4 is 5.32 Å². The van der Waals surface area contributed by atoms with Crippen molar-refractivity contribution in [2.24, 2.45) is 0 Å². The van der Waals surface area contributed by atoms with Gasteiger partial charge in [-0.3, -0.25) is 9.48 Å². The van der Waals surface area contributed by atoms with Crippen molar-refractivity contribution in [2.45, 2.75) is 33.4 Å². The van der Waals surface area contributed by atoms with Crippen LogP contribution in [0.15, 0.2) is 60.7 Å². The molecule has 0 unspecified atom stereocenters. The van der Waals surface area contributed by atoms with E-state index in [0.717, 1.165) is 22.5 Å². The Morgan fingerprint density at radius 2 is 1.76 bits per heavy atom. The average molecular weight is 333 g/mol. The van der Waals surface area contributed by atoms with Crippen LogP contribution in [0.1, 0.15) is 45.8 Å². The number of hydrogen-bond donors (Lipinski definition) is 1. The topological polar surface area (TPSA) is 46.9 Å². The fourth-order valence-electron chi connectivity index (χ4n) is 2.87. The monoisotopic (exact) mass is 333 g/mol. The van der Waals surface area contributed by atoms with Gasteiger partial charge in [0.05, 0.1) is 18.3 Å². The highest BCUT2D eigenvalue weighted by Crippen LogP contribution is 2.13. The van der Waals surface area contributed by atoms with Gasteiger partial charge in [-0.2, -0.15) is 5.10 Å². The van der Waals surface area contributed by atoms with Gasteiger partial charge in [0.2, 0.25) is 0 Å². The molecule has 128 valence electrons. The Morgan fingerprint density at radius 3 is 2.36 bits per heavy atom. The van der Waals surface area contributed by atoms with E-state index in [9.17, 15) is 4.79 Å². The lowest BCUT2D eigenvalue weighted by molar-refractivity contribution is 0.0940. The molecule has 0 radical (unpaired) electrons. The van der Waals surface area contributed by atoms with Gasteiger partial charge in [-0.1, -0.05) is 42.5 Å². The summed E-state index contributed by atoms with van der Waals surface area (Å²) in [4.78, 5) is 12.4. The van der Waals surface area contributed by atoms with Crippen LogP contribution in [-0.4, -0.2) is 15.7 Å². The highest BCUT2D eigenvalue weighted by Gasteiger charge is 2.11. The molecule has 1 aromatic heterocycles. The number of nitrogens with one attached hydrogen (secondary N) is 1. The van der Waals surface area contributed by atoms with Gasteiger partial charge in [-0.15, -0.1) is 0 Å². The Bertz CT molecular complexity index is 851. The number of rotatable bonds is 5. The zero-order valence-corrected chi connectivity index (χ0v) is 14.9. The van der Waals surface area contributed by atoms with E-state index >= 15 is 0 Å². The molecule has 0 aliphatic rings. The van der Waals surface area contributed by atoms with Crippen LogP contribution in [0.5, 0.6) is 0 Å². The van der Waals surface area contributed by atoms with Crippen LogP contribution in [0.2, 0.25) is 0 Å². The molecular weight excluding hydrogens is 310 g/mol. The van der Waals surface area contributed by atoms with E-state index < -0.39 is 0 Å². The summed E-state index contributed by atoms with van der Waals surface area (Å²) in [6.45, 7) is 6.74. The molecule has 1 heterocycles. The first kappa shape index (κ1) is 17.0. The summed E-state index contributed by atoms with van der Waals surface area (Å²) in [6, 6.07) is 19.7. The molecule has 0 saturated heterocycles. The standard InChI is InChI=1S/C21H23N3O/c1-15-13-16(2)24(23-15)14-18-9-11-20(12-10-18)21(25)22-17(3)19-7-5-4-6-8-19/h4-13,17H,14H2,1-3H3,(H,22,25)/t17-/m1/s1. The van der Waals surface area contributed by atoms with E-state index in [1.807, 2.05) is 80.1 Å². The number of carbonyl (C=O) groups is 1. The van der Waals surface area contributed by atoms with Gasteiger partial charge < -0.3 is 5.32 Å². The molecule has 3 rings (SSSR count). The molecule has 1 N–H and O–H groups in total. The normalized spacial score (nSPS) is 12.0. The Hall–Kier alpha value is -2.88. The summed E-state index contributed by atoms with van der Waals surface area (Å²) in [5.41, 5.74) is 5.04. The van der Waals surface area contributed by atoms with Crippen molar-refractivity contribution in [1.82, 2.24) is 15.1 Å². The molecule has 3 aromatic rings. The predicted molar refractivity (Wildman–Crippen MR) is 99.6 cm³/mol. The first-order valence-corrected chi connectivity index (χ1v) is 8.49. The van der Waals surface area contributed by atoms with Crippen LogP contribution in [0.25, 0.3) is 0 Å². The van der Waals surface area contributed by atoms with Crippen molar-refractivity contribution in [3.05, 3.63) is 88.7 Å². The van der Waals surface area contributed by atoms with Crippen LogP contribution in [-0.2, 0) is 6.54 Å². The van der Waals surface area contributed by atoms with Crippen LogP contribution in [0.3, 0.4) is 0 Å². The molecule has 4 nitrogen and oxygen atoms in total. The van der Waals surface area contributed by atoms with E-state index in [1.54, 1.807) is 0 Å². The van der Waals surface area contributed by atoms with Gasteiger partial charge in [0, 0.05) is 11.3 Å². The molecule has 0 fully saturated rings. The minimum atomic E-state index is -0.0611. The maximum atomic E-state index is 12.4. The number of carbonyl (C=O) groups excluding carboxylic acids is 1. The van der Waals surface area contributed by atoms with Crippen LogP contribution in [0, 0.1) is 13.8 Å². The van der Waals surface area contributed by atoms with Crippen molar-refractivity contribution in [3.63, 3.8) is 0 Å². The van der Waals surface area contributed by atoms with Crippen LogP contribution in [0.4, 0.5) is 0 Å². The number of amides is 1. The smallest absolute Gasteiger partial charge is 0.251 e. The predicted octanol–water partition coefficient (Wildman–Crippen LogP) is 4.04. The first-order valence-electron chi connectivity index (χ1n) is 8.49. The third-order valence-corrected chi connectivity index (χ3v) is 4.30. The molecule has 0 bridgehead atoms. The van der Waals surface area contributed by atoms with Gasteiger partial charge in [0.25, 0.3) is 5.91 Å². The van der Waals surface area contributed by atoms with Gasteiger partial charge in [0.15, 0.2) is 0 Å². The van der Waals surface area contributed by atoms with E-state index in [-0.39, 0.29) is 11.9 Å². The van der Waals surface area contributed by atoms with Gasteiger partial charge >= 0.3 is 0 Å². The SMILES string of the molecule is Cc1cc(C)n(Cc2ccc(C(=O)N[C@H](C)c3ccccc3)cc2)n1. The lowest BCUT2D eigenvalue weighted by Crippen LogP contribution is -2.26. The summed E-state index contributed by atoms with van der Waals surface area (Å²) < 4.78 is 1.97. The van der Waals surface area contributed by atoms with Crippen molar-refractivity contribution in [3.8, 4) is 0 Å². The summed E-state index contributed by atoms with van der Waals surface area (Å²) in [5.74, 6) is -0.0611.